The summed E-state index contributed by atoms with van der Waals surface area (Å²) in [4.78, 5) is 30.0. The Balaban J connectivity index is 1.20. The maximum Gasteiger partial charge on any atom is 0.255 e. The number of carbonyl (C=O) groups excluding carboxylic acids is 2. The number of aryl methyl sites for hydroxylation is 1. The van der Waals surface area contributed by atoms with Gasteiger partial charge < -0.3 is 19.7 Å². The van der Waals surface area contributed by atoms with E-state index in [0.717, 1.165) is 36.7 Å². The summed E-state index contributed by atoms with van der Waals surface area (Å²) in [7, 11) is 0. The molecule has 0 aliphatic carbocycles. The molecule has 2 aliphatic rings. The van der Waals surface area contributed by atoms with Crippen molar-refractivity contribution >= 4 is 17.5 Å². The van der Waals surface area contributed by atoms with Crippen molar-refractivity contribution in [3.05, 3.63) is 89.0 Å². The minimum Gasteiger partial charge on any atom is -0.454 e. The first-order valence-electron chi connectivity index (χ1n) is 11.4. The number of piperazine rings is 1. The summed E-state index contributed by atoms with van der Waals surface area (Å²) in [6.45, 7) is 5.90. The van der Waals surface area contributed by atoms with Gasteiger partial charge in [-0.25, -0.2) is 0 Å². The topological polar surface area (TPSA) is 71.1 Å². The molecule has 2 heterocycles. The number of anilines is 1. The van der Waals surface area contributed by atoms with E-state index in [2.05, 4.69) is 16.3 Å². The van der Waals surface area contributed by atoms with Gasteiger partial charge in [-0.2, -0.15) is 0 Å². The van der Waals surface area contributed by atoms with Gasteiger partial charge in [-0.1, -0.05) is 30.3 Å². The Bertz CT molecular complexity index is 1200. The highest BCUT2D eigenvalue weighted by atomic mass is 16.7. The number of ether oxygens (including phenoxy) is 2. The van der Waals surface area contributed by atoms with Gasteiger partial charge in [-0.3, -0.25) is 14.5 Å². The van der Waals surface area contributed by atoms with Crippen LogP contribution in [0.25, 0.3) is 0 Å². The van der Waals surface area contributed by atoms with Crippen molar-refractivity contribution in [2.24, 2.45) is 0 Å². The van der Waals surface area contributed by atoms with Crippen LogP contribution < -0.4 is 14.8 Å². The number of nitrogens with zero attached hydrogens (tertiary/aromatic N) is 2. The molecule has 2 amide bonds. The smallest absolute Gasteiger partial charge is 0.255 e. The van der Waals surface area contributed by atoms with Gasteiger partial charge in [0.1, 0.15) is 0 Å². The van der Waals surface area contributed by atoms with Gasteiger partial charge >= 0.3 is 0 Å². The minimum absolute atomic E-state index is 0.0158. The second-order valence-electron chi connectivity index (χ2n) is 8.61. The molecular formula is C27H27N3O4. The van der Waals surface area contributed by atoms with Gasteiger partial charge in [-0.05, 0) is 54.4 Å². The molecule has 0 spiro atoms. The van der Waals surface area contributed by atoms with Crippen LogP contribution in [0.15, 0.2) is 66.7 Å². The molecule has 3 aromatic rings. The average Bonchev–Trinajstić information content (AvgIpc) is 3.34. The van der Waals surface area contributed by atoms with E-state index in [1.807, 2.05) is 54.3 Å². The van der Waals surface area contributed by atoms with Crippen LogP contribution in [0.5, 0.6) is 11.5 Å². The third kappa shape index (κ3) is 4.75. The summed E-state index contributed by atoms with van der Waals surface area (Å²) in [6, 6.07) is 20.6. The third-order valence-corrected chi connectivity index (χ3v) is 6.27. The van der Waals surface area contributed by atoms with Crippen LogP contribution in [-0.2, 0) is 6.54 Å². The molecule has 0 atom stereocenters. The minimum atomic E-state index is -0.189. The lowest BCUT2D eigenvalue weighted by Crippen LogP contribution is -2.48. The Kier molecular flexibility index (Phi) is 6.18. The molecule has 0 radical (unpaired) electrons. The maximum atomic E-state index is 13.2. The molecular weight excluding hydrogens is 430 g/mol. The molecule has 7 nitrogen and oxygen atoms in total. The van der Waals surface area contributed by atoms with E-state index >= 15 is 0 Å². The van der Waals surface area contributed by atoms with Gasteiger partial charge in [0.15, 0.2) is 11.5 Å². The molecule has 0 unspecified atom stereocenters. The van der Waals surface area contributed by atoms with E-state index in [4.69, 9.17) is 9.47 Å². The molecule has 1 fully saturated rings. The standard InChI is InChI=1S/C27H27N3O4/c1-19-7-9-22(16-23(19)28-26(31)21-5-3-2-4-6-21)27(32)30-13-11-29(12-14-30)17-20-8-10-24-25(15-20)34-18-33-24/h2-10,15-16H,11-14,17-18H2,1H3,(H,28,31). The molecule has 0 aromatic heterocycles. The van der Waals surface area contributed by atoms with Gasteiger partial charge in [0.05, 0.1) is 0 Å². The van der Waals surface area contributed by atoms with Crippen molar-refractivity contribution in [1.29, 1.82) is 0 Å². The highest BCUT2D eigenvalue weighted by Gasteiger charge is 2.23. The predicted molar refractivity (Wildman–Crippen MR) is 129 cm³/mol. The van der Waals surface area contributed by atoms with Crippen molar-refractivity contribution in [3.8, 4) is 11.5 Å². The van der Waals surface area contributed by atoms with Crippen LogP contribution in [0.4, 0.5) is 5.69 Å². The third-order valence-electron chi connectivity index (χ3n) is 6.27. The molecule has 3 aromatic carbocycles. The fraction of sp³-hybridized carbons (Fsp3) is 0.259. The zero-order chi connectivity index (χ0) is 23.5. The first-order chi connectivity index (χ1) is 16.6. The SMILES string of the molecule is Cc1ccc(C(=O)N2CCN(Cc3ccc4c(c3)OCO4)CC2)cc1NC(=O)c1ccccc1. The predicted octanol–water partition coefficient (Wildman–Crippen LogP) is 3.93. The summed E-state index contributed by atoms with van der Waals surface area (Å²) >= 11 is 0. The summed E-state index contributed by atoms with van der Waals surface area (Å²) in [6.07, 6.45) is 0. The molecule has 1 saturated heterocycles. The van der Waals surface area contributed by atoms with Gasteiger partial charge in [0, 0.05) is 49.5 Å². The Morgan fingerprint density at radius 3 is 2.41 bits per heavy atom. The van der Waals surface area contributed by atoms with Crippen LogP contribution in [0, 0.1) is 6.92 Å². The van der Waals surface area contributed by atoms with Gasteiger partial charge in [0.2, 0.25) is 6.79 Å². The lowest BCUT2D eigenvalue weighted by molar-refractivity contribution is 0.0628. The van der Waals surface area contributed by atoms with E-state index in [9.17, 15) is 9.59 Å². The Morgan fingerprint density at radius 2 is 1.62 bits per heavy atom. The molecule has 1 N–H and O–H groups in total. The molecule has 34 heavy (non-hydrogen) atoms. The lowest BCUT2D eigenvalue weighted by atomic mass is 10.1. The Morgan fingerprint density at radius 1 is 0.853 bits per heavy atom. The molecule has 0 saturated carbocycles. The van der Waals surface area contributed by atoms with E-state index < -0.39 is 0 Å². The quantitative estimate of drug-likeness (QED) is 0.629. The first kappa shape index (κ1) is 22.0. The Labute approximate surface area is 198 Å². The van der Waals surface area contributed by atoms with Crippen molar-refractivity contribution in [2.45, 2.75) is 13.5 Å². The number of benzene rings is 3. The molecule has 7 heteroatoms. The molecule has 174 valence electrons. The van der Waals surface area contributed by atoms with Crippen LogP contribution in [0.3, 0.4) is 0 Å². The van der Waals surface area contributed by atoms with Crippen LogP contribution in [0.2, 0.25) is 0 Å². The second-order valence-corrected chi connectivity index (χ2v) is 8.61. The van der Waals surface area contributed by atoms with Gasteiger partial charge in [0.25, 0.3) is 11.8 Å². The van der Waals surface area contributed by atoms with Crippen molar-refractivity contribution in [1.82, 2.24) is 9.80 Å². The van der Waals surface area contributed by atoms with E-state index in [1.165, 1.54) is 5.56 Å². The zero-order valence-electron chi connectivity index (χ0n) is 19.1. The summed E-state index contributed by atoms with van der Waals surface area (Å²) in [5.74, 6) is 1.38. The normalized spacial score (nSPS) is 15.3. The molecule has 5 rings (SSSR count). The fourth-order valence-electron chi connectivity index (χ4n) is 4.26. The molecule has 2 aliphatic heterocycles. The van der Waals surface area contributed by atoms with Crippen LogP contribution in [-0.4, -0.2) is 54.6 Å². The monoisotopic (exact) mass is 457 g/mol. The zero-order valence-corrected chi connectivity index (χ0v) is 19.1. The summed E-state index contributed by atoms with van der Waals surface area (Å²) in [5.41, 5.74) is 3.90. The van der Waals surface area contributed by atoms with E-state index in [-0.39, 0.29) is 18.6 Å². The van der Waals surface area contributed by atoms with Crippen molar-refractivity contribution in [3.63, 3.8) is 0 Å². The van der Waals surface area contributed by atoms with Crippen molar-refractivity contribution in [2.75, 3.05) is 38.3 Å². The highest BCUT2D eigenvalue weighted by molar-refractivity contribution is 6.05. The number of rotatable bonds is 5. The number of nitrogens with one attached hydrogen (secondary N) is 1. The van der Waals surface area contributed by atoms with Crippen LogP contribution in [0.1, 0.15) is 31.8 Å². The fourth-order valence-corrected chi connectivity index (χ4v) is 4.26. The number of hydrogen-bond acceptors (Lipinski definition) is 5. The van der Waals surface area contributed by atoms with E-state index in [1.54, 1.807) is 18.2 Å². The summed E-state index contributed by atoms with van der Waals surface area (Å²) < 4.78 is 10.9. The molecule has 0 bridgehead atoms. The first-order valence-corrected chi connectivity index (χ1v) is 11.4. The Hall–Kier alpha value is -3.84. The van der Waals surface area contributed by atoms with Crippen LogP contribution >= 0.6 is 0 Å². The van der Waals surface area contributed by atoms with E-state index in [0.29, 0.717) is 29.9 Å². The number of amides is 2. The van der Waals surface area contributed by atoms with Gasteiger partial charge in [-0.15, -0.1) is 0 Å². The number of carbonyl (C=O) groups is 2. The summed E-state index contributed by atoms with van der Waals surface area (Å²) in [5, 5.41) is 2.94. The van der Waals surface area contributed by atoms with Crippen molar-refractivity contribution < 1.29 is 19.1 Å². The largest absolute Gasteiger partial charge is 0.454 e. The highest BCUT2D eigenvalue weighted by Crippen LogP contribution is 2.33. The second kappa shape index (κ2) is 9.57. The number of fused-ring (bicyclic) bond motifs is 1. The number of hydrogen-bond donors (Lipinski definition) is 1. The average molecular weight is 458 g/mol. The maximum absolute atomic E-state index is 13.2. The lowest BCUT2D eigenvalue weighted by Gasteiger charge is -2.35.